The van der Waals surface area contributed by atoms with E-state index in [9.17, 15) is 14.4 Å². The Balaban J connectivity index is 2.02. The summed E-state index contributed by atoms with van der Waals surface area (Å²) in [6, 6.07) is 17.1. The second-order valence-electron chi connectivity index (χ2n) is 9.20. The summed E-state index contributed by atoms with van der Waals surface area (Å²) >= 11 is 0. The fraction of sp³-hybridized carbons (Fsp3) is 0.407. The number of carbonyl (C=O) groups is 3. The van der Waals surface area contributed by atoms with Gasteiger partial charge in [-0.15, -0.1) is 0 Å². The Labute approximate surface area is 201 Å². The van der Waals surface area contributed by atoms with Crippen LogP contribution in [-0.4, -0.2) is 36.6 Å². The van der Waals surface area contributed by atoms with Crippen molar-refractivity contribution in [2.75, 3.05) is 11.9 Å². The molecule has 1 aliphatic heterocycles. The summed E-state index contributed by atoms with van der Waals surface area (Å²) in [6.45, 7) is 5.95. The Morgan fingerprint density at radius 1 is 1.06 bits per heavy atom. The predicted molar refractivity (Wildman–Crippen MR) is 134 cm³/mol. The highest BCUT2D eigenvalue weighted by atomic mass is 16.2. The molecule has 1 heterocycles. The van der Waals surface area contributed by atoms with Crippen molar-refractivity contribution in [1.82, 2.24) is 5.32 Å². The van der Waals surface area contributed by atoms with E-state index in [0.29, 0.717) is 24.2 Å². The summed E-state index contributed by atoms with van der Waals surface area (Å²) in [4.78, 5) is 45.4. The number of nitrogens with two attached hydrogens (primary N) is 1. The highest BCUT2D eigenvalue weighted by molar-refractivity contribution is 6.20. The van der Waals surface area contributed by atoms with Crippen LogP contribution in [0.25, 0.3) is 0 Å². The minimum Gasteiger partial charge on any atom is -0.369 e. The van der Waals surface area contributed by atoms with Gasteiger partial charge in [-0.25, -0.2) is 4.99 Å². The minimum atomic E-state index is -1.12. The fourth-order valence-corrected chi connectivity index (χ4v) is 4.50. The molecule has 0 spiro atoms. The van der Waals surface area contributed by atoms with E-state index in [4.69, 9.17) is 10.7 Å². The molecule has 2 aromatic carbocycles. The van der Waals surface area contributed by atoms with Gasteiger partial charge in [-0.2, -0.15) is 0 Å². The summed E-state index contributed by atoms with van der Waals surface area (Å²) in [5.74, 6) is -2.26. The number of anilines is 1. The second kappa shape index (κ2) is 11.1. The summed E-state index contributed by atoms with van der Waals surface area (Å²) < 4.78 is 0. The lowest BCUT2D eigenvalue weighted by molar-refractivity contribution is -0.136. The van der Waals surface area contributed by atoms with Crippen LogP contribution in [0.5, 0.6) is 0 Å². The van der Waals surface area contributed by atoms with Gasteiger partial charge in [0.05, 0.1) is 11.4 Å². The molecule has 0 saturated carbocycles. The first-order chi connectivity index (χ1) is 16.2. The normalized spacial score (nSPS) is 17.4. The van der Waals surface area contributed by atoms with Gasteiger partial charge in [-0.3, -0.25) is 14.4 Å². The fourth-order valence-electron chi connectivity index (χ4n) is 4.50. The van der Waals surface area contributed by atoms with E-state index in [1.165, 1.54) is 4.90 Å². The number of carbonyl (C=O) groups excluding carboxylic acids is 3. The molecular weight excluding hydrogens is 428 g/mol. The Morgan fingerprint density at radius 3 is 2.32 bits per heavy atom. The first-order valence-electron chi connectivity index (χ1n) is 11.8. The average molecular weight is 463 g/mol. The summed E-state index contributed by atoms with van der Waals surface area (Å²) in [6.07, 6.45) is 0.616. The van der Waals surface area contributed by atoms with Gasteiger partial charge < -0.3 is 16.0 Å². The molecule has 0 fully saturated rings. The minimum absolute atomic E-state index is 0.176. The van der Waals surface area contributed by atoms with Crippen LogP contribution in [0.1, 0.15) is 51.2 Å². The highest BCUT2D eigenvalue weighted by Crippen LogP contribution is 2.29. The zero-order valence-corrected chi connectivity index (χ0v) is 20.3. The number of nitrogens with one attached hydrogen (secondary N) is 1. The van der Waals surface area contributed by atoms with Crippen molar-refractivity contribution >= 4 is 29.1 Å². The molecule has 3 atom stereocenters. The molecule has 7 heteroatoms. The molecule has 0 saturated heterocycles. The van der Waals surface area contributed by atoms with Gasteiger partial charge in [0.25, 0.3) is 5.91 Å². The van der Waals surface area contributed by atoms with Crippen molar-refractivity contribution in [2.24, 2.45) is 28.5 Å². The van der Waals surface area contributed by atoms with E-state index in [-0.39, 0.29) is 17.7 Å². The van der Waals surface area contributed by atoms with E-state index in [0.717, 1.165) is 17.5 Å². The molecule has 3 rings (SSSR count). The number of hydrogen-bond donors (Lipinski definition) is 2. The third-order valence-electron chi connectivity index (χ3n) is 6.18. The molecule has 3 amide bonds. The van der Waals surface area contributed by atoms with Gasteiger partial charge in [-0.05, 0) is 24.8 Å². The Kier molecular flexibility index (Phi) is 8.21. The Morgan fingerprint density at radius 2 is 1.71 bits per heavy atom. The molecule has 34 heavy (non-hydrogen) atoms. The van der Waals surface area contributed by atoms with Gasteiger partial charge in [0.15, 0.2) is 0 Å². The lowest BCUT2D eigenvalue weighted by Crippen LogP contribution is -2.50. The van der Waals surface area contributed by atoms with Crippen molar-refractivity contribution in [3.63, 3.8) is 0 Å². The van der Waals surface area contributed by atoms with Crippen LogP contribution in [0.2, 0.25) is 0 Å². The van der Waals surface area contributed by atoms with Gasteiger partial charge in [0, 0.05) is 30.0 Å². The monoisotopic (exact) mass is 462 g/mol. The maximum absolute atomic E-state index is 13.5. The van der Waals surface area contributed by atoms with E-state index < -0.39 is 23.9 Å². The van der Waals surface area contributed by atoms with Crippen LogP contribution in [-0.2, 0) is 14.4 Å². The second-order valence-corrected chi connectivity index (χ2v) is 9.20. The van der Waals surface area contributed by atoms with Crippen LogP contribution in [0.15, 0.2) is 59.6 Å². The number of fused-ring (bicyclic) bond motifs is 1. The molecule has 7 nitrogen and oxygen atoms in total. The van der Waals surface area contributed by atoms with Crippen molar-refractivity contribution in [1.29, 1.82) is 0 Å². The summed E-state index contributed by atoms with van der Waals surface area (Å²) in [5.41, 5.74) is 8.67. The maximum atomic E-state index is 13.5. The molecular formula is C27H34N4O3. The number of aliphatic imine (C=N–C) groups is 1. The molecule has 0 aliphatic carbocycles. The van der Waals surface area contributed by atoms with Crippen molar-refractivity contribution in [3.05, 3.63) is 65.7 Å². The lowest BCUT2D eigenvalue weighted by atomic mass is 9.81. The molecule has 1 unspecified atom stereocenters. The zero-order chi connectivity index (χ0) is 24.8. The molecule has 0 bridgehead atoms. The molecule has 3 N–H and O–H groups in total. The predicted octanol–water partition coefficient (Wildman–Crippen LogP) is 3.51. The largest absolute Gasteiger partial charge is 0.369 e. The third kappa shape index (κ3) is 5.53. The van der Waals surface area contributed by atoms with Gasteiger partial charge >= 0.3 is 0 Å². The number of para-hydroxylation sites is 1. The number of nitrogens with zero attached hydrogens (tertiary/aromatic N) is 2. The topological polar surface area (TPSA) is 105 Å². The van der Waals surface area contributed by atoms with Crippen LogP contribution in [0, 0.1) is 17.8 Å². The van der Waals surface area contributed by atoms with Crippen LogP contribution in [0.4, 0.5) is 5.69 Å². The number of likely N-dealkylation sites (N-methyl/N-ethyl adjacent to an activating group) is 1. The average Bonchev–Trinajstić information content (AvgIpc) is 2.92. The number of amides is 3. The molecule has 0 radical (unpaired) electrons. The highest BCUT2D eigenvalue weighted by Gasteiger charge is 2.36. The Bertz CT molecular complexity index is 1060. The summed E-state index contributed by atoms with van der Waals surface area (Å²) in [5, 5.41) is 2.85. The zero-order valence-electron chi connectivity index (χ0n) is 20.3. The van der Waals surface area contributed by atoms with Crippen LogP contribution in [0.3, 0.4) is 0 Å². The van der Waals surface area contributed by atoms with Gasteiger partial charge in [0.2, 0.25) is 18.0 Å². The molecule has 180 valence electrons. The quantitative estimate of drug-likeness (QED) is 0.596. The van der Waals surface area contributed by atoms with Gasteiger partial charge in [-0.1, -0.05) is 75.7 Å². The maximum Gasteiger partial charge on any atom is 0.272 e. The summed E-state index contributed by atoms with van der Waals surface area (Å²) in [7, 11) is 1.68. The molecule has 0 aromatic heterocycles. The Hall–Kier alpha value is -3.48. The number of primary amides is 1. The first kappa shape index (κ1) is 25.1. The first-order valence-corrected chi connectivity index (χ1v) is 11.8. The number of benzodiazepines with no additional fused rings is 1. The standard InChI is InChI=1S/C27H34N4O3/c1-5-11-19(24(28)32)21(16-17(2)3)26(33)30-25-27(34)31(4)22-15-10-9-14-20(22)23(29-25)18-12-7-6-8-13-18/h6-10,12-15,17,19,21,25H,5,11,16H2,1-4H3,(H2,28,32)(H,30,33)/t19-,21?,25+/m0/s1. The van der Waals surface area contributed by atoms with Crippen LogP contribution < -0.4 is 16.0 Å². The molecule has 2 aromatic rings. The SMILES string of the molecule is CCC[C@H](C(N)=O)C(CC(C)C)C(=O)N[C@H]1N=C(c2ccccc2)c2ccccc2N(C)C1=O. The number of rotatable bonds is 9. The van der Waals surface area contributed by atoms with E-state index in [1.54, 1.807) is 7.05 Å². The van der Waals surface area contributed by atoms with E-state index in [1.807, 2.05) is 75.4 Å². The van der Waals surface area contributed by atoms with Gasteiger partial charge in [0.1, 0.15) is 0 Å². The van der Waals surface area contributed by atoms with E-state index in [2.05, 4.69) is 5.32 Å². The van der Waals surface area contributed by atoms with Crippen molar-refractivity contribution < 1.29 is 14.4 Å². The smallest absolute Gasteiger partial charge is 0.272 e. The number of hydrogen-bond acceptors (Lipinski definition) is 4. The third-order valence-corrected chi connectivity index (χ3v) is 6.18. The van der Waals surface area contributed by atoms with Crippen molar-refractivity contribution in [2.45, 2.75) is 46.2 Å². The molecule has 1 aliphatic rings. The number of benzene rings is 2. The van der Waals surface area contributed by atoms with Crippen molar-refractivity contribution in [3.8, 4) is 0 Å². The lowest BCUT2D eigenvalue weighted by Gasteiger charge is -2.27. The van der Waals surface area contributed by atoms with E-state index >= 15 is 0 Å². The van der Waals surface area contributed by atoms with Crippen LogP contribution >= 0.6 is 0 Å².